The van der Waals surface area contributed by atoms with E-state index in [0.717, 1.165) is 0 Å². The molecule has 0 amide bonds. The maximum Gasteiger partial charge on any atom is 0.206 e. The molecule has 43 valence electrons. The van der Waals surface area contributed by atoms with E-state index < -0.39 is 9.17 Å². The van der Waals surface area contributed by atoms with Gasteiger partial charge < -0.3 is 0 Å². The van der Waals surface area contributed by atoms with Crippen LogP contribution in [-0.2, 0) is 0 Å². The Bertz CT molecular complexity index is 52.4. The van der Waals surface area contributed by atoms with Gasteiger partial charge in [-0.15, -0.1) is 11.6 Å². The maximum atomic E-state index is 5.25. The van der Waals surface area contributed by atoms with Gasteiger partial charge in [-0.1, -0.05) is 34.8 Å². The molecule has 0 saturated heterocycles. The van der Waals surface area contributed by atoms with Gasteiger partial charge in [-0.25, -0.2) is 0 Å². The highest BCUT2D eigenvalue weighted by Crippen LogP contribution is 2.32. The third-order valence-electron chi connectivity index (χ3n) is 0.355. The van der Waals surface area contributed by atoms with Crippen LogP contribution in [-0.4, -0.2) is 9.17 Å². The lowest BCUT2D eigenvalue weighted by Crippen LogP contribution is -2.14. The standard InChI is InChI=1S/C3H3Cl4/c1-2(4)3(5,6)7/h2H,1H2. The van der Waals surface area contributed by atoms with E-state index in [2.05, 4.69) is 6.92 Å². The minimum absolute atomic E-state index is 0.683. The first-order chi connectivity index (χ1) is 2.94. The zero-order valence-corrected chi connectivity index (χ0v) is 6.32. The van der Waals surface area contributed by atoms with Gasteiger partial charge >= 0.3 is 0 Å². The fourth-order valence-electron chi connectivity index (χ4n) is 0. The Balaban J connectivity index is 3.54. The maximum absolute atomic E-state index is 5.25. The summed E-state index contributed by atoms with van der Waals surface area (Å²) in [5.41, 5.74) is 0. The van der Waals surface area contributed by atoms with Crippen LogP contribution in [0, 0.1) is 6.92 Å². The van der Waals surface area contributed by atoms with E-state index in [0.29, 0.717) is 0 Å². The van der Waals surface area contributed by atoms with Crippen LogP contribution >= 0.6 is 46.4 Å². The van der Waals surface area contributed by atoms with Gasteiger partial charge in [0.25, 0.3) is 0 Å². The molecule has 1 unspecified atom stereocenters. The van der Waals surface area contributed by atoms with Crippen molar-refractivity contribution in [3.63, 3.8) is 0 Å². The van der Waals surface area contributed by atoms with Crippen LogP contribution < -0.4 is 0 Å². The average Bonchev–Trinajstić information content (AvgIpc) is 1.31. The van der Waals surface area contributed by atoms with Crippen molar-refractivity contribution in [1.29, 1.82) is 0 Å². The van der Waals surface area contributed by atoms with Crippen molar-refractivity contribution in [2.45, 2.75) is 9.17 Å². The highest BCUT2D eigenvalue weighted by atomic mass is 35.6. The molecule has 0 nitrogen and oxygen atoms in total. The highest BCUT2D eigenvalue weighted by molar-refractivity contribution is 6.70. The smallest absolute Gasteiger partial charge is 0.118 e. The van der Waals surface area contributed by atoms with Crippen LogP contribution in [0.4, 0.5) is 0 Å². The fourth-order valence-corrected chi connectivity index (χ4v) is 0. The van der Waals surface area contributed by atoms with Gasteiger partial charge in [-0.05, 0) is 6.92 Å². The zero-order valence-electron chi connectivity index (χ0n) is 3.30. The van der Waals surface area contributed by atoms with Crippen LogP contribution in [0.5, 0.6) is 0 Å². The summed E-state index contributed by atoms with van der Waals surface area (Å²) in [6.07, 6.45) is 0. The van der Waals surface area contributed by atoms with Crippen LogP contribution in [0.3, 0.4) is 0 Å². The minimum Gasteiger partial charge on any atom is -0.118 e. The largest absolute Gasteiger partial charge is 0.206 e. The average molecular weight is 181 g/mol. The molecule has 0 fully saturated rings. The summed E-state index contributed by atoms with van der Waals surface area (Å²) in [5, 5.41) is -0.683. The number of halogens is 4. The molecule has 0 bridgehead atoms. The van der Waals surface area contributed by atoms with E-state index in [1.165, 1.54) is 0 Å². The number of rotatable bonds is 0. The molecule has 0 N–H and O–H groups in total. The summed E-state index contributed by atoms with van der Waals surface area (Å²) >= 11 is 20.9. The Kier molecular flexibility index (Phi) is 3.07. The van der Waals surface area contributed by atoms with E-state index in [1.807, 2.05) is 0 Å². The summed E-state index contributed by atoms with van der Waals surface area (Å²) in [4.78, 5) is 0. The lowest BCUT2D eigenvalue weighted by molar-refractivity contribution is 1.08. The third kappa shape index (κ3) is 3.72. The summed E-state index contributed by atoms with van der Waals surface area (Å²) in [6, 6.07) is 0. The van der Waals surface area contributed by atoms with Crippen LogP contribution in [0.15, 0.2) is 0 Å². The molecule has 0 heterocycles. The predicted molar refractivity (Wildman–Crippen MR) is 35.3 cm³/mol. The summed E-state index contributed by atoms with van der Waals surface area (Å²) in [6.45, 7) is 3.28. The third-order valence-corrected chi connectivity index (χ3v) is 1.81. The monoisotopic (exact) mass is 179 g/mol. The van der Waals surface area contributed by atoms with Crippen molar-refractivity contribution < 1.29 is 0 Å². The van der Waals surface area contributed by atoms with Crippen molar-refractivity contribution in [1.82, 2.24) is 0 Å². The van der Waals surface area contributed by atoms with Gasteiger partial charge in [0.2, 0.25) is 3.79 Å². The highest BCUT2D eigenvalue weighted by Gasteiger charge is 2.26. The number of hydrogen-bond donors (Lipinski definition) is 0. The Morgan fingerprint density at radius 2 is 1.43 bits per heavy atom. The lowest BCUT2D eigenvalue weighted by atomic mass is 10.5. The summed E-state index contributed by atoms with van der Waals surface area (Å²) < 4.78 is -1.43. The number of hydrogen-bond acceptors (Lipinski definition) is 0. The van der Waals surface area contributed by atoms with Gasteiger partial charge in [0, 0.05) is 0 Å². The second-order valence-electron chi connectivity index (χ2n) is 1.01. The van der Waals surface area contributed by atoms with E-state index in [-0.39, 0.29) is 0 Å². The molecular formula is C3H3Cl4. The lowest BCUT2D eigenvalue weighted by Gasteiger charge is -2.11. The van der Waals surface area contributed by atoms with E-state index >= 15 is 0 Å². The molecule has 0 rings (SSSR count). The molecule has 7 heavy (non-hydrogen) atoms. The molecule has 0 aromatic carbocycles. The van der Waals surface area contributed by atoms with Crippen LogP contribution in [0.25, 0.3) is 0 Å². The predicted octanol–water partition coefficient (Wildman–Crippen LogP) is 2.80. The Morgan fingerprint density at radius 3 is 1.43 bits per heavy atom. The van der Waals surface area contributed by atoms with Gasteiger partial charge in [-0.3, -0.25) is 0 Å². The van der Waals surface area contributed by atoms with Crippen molar-refractivity contribution in [3.8, 4) is 0 Å². The van der Waals surface area contributed by atoms with Gasteiger partial charge in [0.05, 0.1) is 5.38 Å². The summed E-state index contributed by atoms with van der Waals surface area (Å²) in [5.74, 6) is 0. The Morgan fingerprint density at radius 1 is 1.29 bits per heavy atom. The Hall–Kier alpha value is 1.16. The first-order valence-electron chi connectivity index (χ1n) is 1.48. The fraction of sp³-hybridized carbons (Fsp3) is 0.667. The van der Waals surface area contributed by atoms with Crippen LogP contribution in [0.1, 0.15) is 0 Å². The van der Waals surface area contributed by atoms with Gasteiger partial charge in [-0.2, -0.15) is 0 Å². The van der Waals surface area contributed by atoms with Crippen molar-refractivity contribution in [3.05, 3.63) is 6.92 Å². The molecule has 0 aliphatic rings. The molecule has 0 aliphatic carbocycles. The molecule has 0 saturated carbocycles. The minimum atomic E-state index is -1.43. The van der Waals surface area contributed by atoms with Crippen molar-refractivity contribution in [2.24, 2.45) is 0 Å². The SMILES string of the molecule is [CH2]C(Cl)C(Cl)(Cl)Cl. The molecule has 0 spiro atoms. The van der Waals surface area contributed by atoms with E-state index in [9.17, 15) is 0 Å². The first kappa shape index (κ1) is 8.16. The first-order valence-corrected chi connectivity index (χ1v) is 3.05. The van der Waals surface area contributed by atoms with Gasteiger partial charge in [0.1, 0.15) is 0 Å². The zero-order chi connectivity index (χ0) is 6.08. The molecule has 1 atom stereocenters. The van der Waals surface area contributed by atoms with Crippen molar-refractivity contribution >= 4 is 46.4 Å². The normalized spacial score (nSPS) is 16.7. The molecule has 0 aromatic rings. The summed E-state index contributed by atoms with van der Waals surface area (Å²) in [7, 11) is 0. The van der Waals surface area contributed by atoms with Gasteiger partial charge in [0.15, 0.2) is 0 Å². The van der Waals surface area contributed by atoms with E-state index in [1.54, 1.807) is 0 Å². The molecule has 4 heteroatoms. The Labute approximate surface area is 62.7 Å². The topological polar surface area (TPSA) is 0 Å². The second-order valence-corrected chi connectivity index (χ2v) is 3.90. The molecule has 1 radical (unpaired) electrons. The quantitative estimate of drug-likeness (QED) is 0.504. The van der Waals surface area contributed by atoms with Crippen LogP contribution in [0.2, 0.25) is 0 Å². The van der Waals surface area contributed by atoms with E-state index in [4.69, 9.17) is 46.4 Å². The molecule has 0 aromatic heterocycles. The molecule has 0 aliphatic heterocycles. The second kappa shape index (κ2) is 2.63. The molecular weight excluding hydrogens is 178 g/mol. The van der Waals surface area contributed by atoms with Crippen molar-refractivity contribution in [2.75, 3.05) is 0 Å². The number of alkyl halides is 4.